The third-order valence-electron chi connectivity index (χ3n) is 4.21. The highest BCUT2D eigenvalue weighted by Crippen LogP contribution is 2.25. The fourth-order valence-electron chi connectivity index (χ4n) is 2.82. The molecule has 0 saturated carbocycles. The van der Waals surface area contributed by atoms with Crippen LogP contribution in [-0.4, -0.2) is 27.2 Å². The Hall–Kier alpha value is -3.12. The minimum absolute atomic E-state index is 0.0108. The molecule has 0 spiro atoms. The van der Waals surface area contributed by atoms with Crippen LogP contribution in [0.4, 0.5) is 0 Å². The van der Waals surface area contributed by atoms with E-state index in [1.807, 2.05) is 19.1 Å². The molecule has 1 aromatic heterocycles. The van der Waals surface area contributed by atoms with E-state index in [1.54, 1.807) is 42.5 Å². The number of hydrogen-bond acceptors (Lipinski definition) is 3. The molecule has 0 aliphatic rings. The molecule has 0 aliphatic carbocycles. The third kappa shape index (κ3) is 4.35. The van der Waals surface area contributed by atoms with Crippen molar-refractivity contribution in [2.45, 2.75) is 19.4 Å². The fourth-order valence-corrected chi connectivity index (χ4v) is 2.95. The van der Waals surface area contributed by atoms with E-state index in [0.717, 1.165) is 11.3 Å². The normalized spacial score (nSPS) is 11.8. The van der Waals surface area contributed by atoms with Crippen LogP contribution >= 0.6 is 11.6 Å². The number of aromatic amines is 1. The van der Waals surface area contributed by atoms with Crippen LogP contribution in [0.1, 0.15) is 22.9 Å². The monoisotopic (exact) mass is 383 g/mol. The zero-order valence-corrected chi connectivity index (χ0v) is 15.3. The lowest BCUT2D eigenvalue weighted by atomic mass is 10.0. The van der Waals surface area contributed by atoms with E-state index in [1.165, 1.54) is 0 Å². The van der Waals surface area contributed by atoms with Crippen LogP contribution in [0.2, 0.25) is 5.02 Å². The number of halogens is 1. The predicted molar refractivity (Wildman–Crippen MR) is 102 cm³/mol. The molecule has 0 saturated heterocycles. The number of hydrogen-bond donors (Lipinski definition) is 3. The van der Waals surface area contributed by atoms with Gasteiger partial charge in [0.2, 0.25) is 5.91 Å². The van der Waals surface area contributed by atoms with Gasteiger partial charge in [-0.15, -0.1) is 0 Å². The first-order valence-corrected chi connectivity index (χ1v) is 8.70. The Balaban J connectivity index is 1.81. The van der Waals surface area contributed by atoms with Crippen molar-refractivity contribution in [3.63, 3.8) is 0 Å². The van der Waals surface area contributed by atoms with Gasteiger partial charge in [-0.1, -0.05) is 54.1 Å². The summed E-state index contributed by atoms with van der Waals surface area (Å²) in [6, 6.07) is 14.6. The smallest absolute Gasteiger partial charge is 0.330 e. The molecule has 3 rings (SSSR count). The average Bonchev–Trinajstić information content (AvgIpc) is 3.01. The number of aromatic nitrogens is 2. The van der Waals surface area contributed by atoms with Crippen molar-refractivity contribution in [1.29, 1.82) is 0 Å². The molecule has 7 heteroatoms. The van der Waals surface area contributed by atoms with Gasteiger partial charge in [0.1, 0.15) is 0 Å². The van der Waals surface area contributed by atoms with Gasteiger partial charge in [-0.3, -0.25) is 9.89 Å². The van der Waals surface area contributed by atoms with Crippen LogP contribution in [-0.2, 0) is 16.0 Å². The summed E-state index contributed by atoms with van der Waals surface area (Å²) in [5, 5.41) is 19.8. The van der Waals surface area contributed by atoms with Crippen molar-refractivity contribution in [2.24, 2.45) is 0 Å². The Morgan fingerprint density at radius 3 is 2.44 bits per heavy atom. The molecule has 1 amide bonds. The van der Waals surface area contributed by atoms with Crippen molar-refractivity contribution in [2.75, 3.05) is 0 Å². The second kappa shape index (κ2) is 8.05. The highest BCUT2D eigenvalue weighted by molar-refractivity contribution is 6.30. The van der Waals surface area contributed by atoms with E-state index in [4.69, 9.17) is 11.6 Å². The summed E-state index contributed by atoms with van der Waals surface area (Å²) < 4.78 is 0. The number of carboxylic acids is 1. The molecule has 0 aliphatic heterocycles. The lowest BCUT2D eigenvalue weighted by molar-refractivity contribution is -0.141. The fraction of sp³-hybridized carbons (Fsp3) is 0.150. The number of carbonyl (C=O) groups is 2. The summed E-state index contributed by atoms with van der Waals surface area (Å²) in [5.41, 5.74) is 3.45. The number of amides is 1. The third-order valence-corrected chi connectivity index (χ3v) is 4.47. The second-order valence-electron chi connectivity index (χ2n) is 6.11. The molecular weight excluding hydrogens is 366 g/mol. The molecular formula is C20H18ClN3O3. The van der Waals surface area contributed by atoms with Crippen LogP contribution in [0.15, 0.2) is 54.6 Å². The minimum atomic E-state index is -1.11. The summed E-state index contributed by atoms with van der Waals surface area (Å²) in [4.78, 5) is 24.1. The zero-order valence-electron chi connectivity index (χ0n) is 14.6. The van der Waals surface area contributed by atoms with Gasteiger partial charge in [0, 0.05) is 21.8 Å². The first kappa shape index (κ1) is 18.7. The van der Waals surface area contributed by atoms with Crippen LogP contribution in [0, 0.1) is 6.92 Å². The lowest BCUT2D eigenvalue weighted by Crippen LogP contribution is -2.34. The molecule has 0 radical (unpaired) electrons. The summed E-state index contributed by atoms with van der Waals surface area (Å²) >= 11 is 5.93. The van der Waals surface area contributed by atoms with Crippen molar-refractivity contribution < 1.29 is 14.7 Å². The van der Waals surface area contributed by atoms with E-state index in [9.17, 15) is 14.7 Å². The molecule has 2 aromatic carbocycles. The topological polar surface area (TPSA) is 95.1 Å². The van der Waals surface area contributed by atoms with Crippen LogP contribution < -0.4 is 5.32 Å². The quantitative estimate of drug-likeness (QED) is 0.606. The molecule has 0 unspecified atom stereocenters. The van der Waals surface area contributed by atoms with Gasteiger partial charge in [0.05, 0.1) is 12.1 Å². The first-order valence-electron chi connectivity index (χ1n) is 8.32. The van der Waals surface area contributed by atoms with Gasteiger partial charge in [-0.2, -0.15) is 5.10 Å². The second-order valence-corrected chi connectivity index (χ2v) is 6.55. The van der Waals surface area contributed by atoms with Gasteiger partial charge in [-0.05, 0) is 24.6 Å². The lowest BCUT2D eigenvalue weighted by Gasteiger charge is -2.15. The summed E-state index contributed by atoms with van der Waals surface area (Å²) in [6.07, 6.45) is 0.0108. The number of benzene rings is 2. The maximum atomic E-state index is 12.6. The zero-order chi connectivity index (χ0) is 19.4. The van der Waals surface area contributed by atoms with Gasteiger partial charge < -0.3 is 10.4 Å². The summed E-state index contributed by atoms with van der Waals surface area (Å²) in [5.74, 6) is -1.51. The van der Waals surface area contributed by atoms with E-state index < -0.39 is 17.9 Å². The Bertz CT molecular complexity index is 952. The number of nitrogens with one attached hydrogen (secondary N) is 2. The minimum Gasteiger partial charge on any atom is -0.479 e. The SMILES string of the molecule is Cc1[nH]nc(-c2ccc(Cl)cc2)c1CC(=O)N[C@H](C(=O)O)c1ccccc1. The van der Waals surface area contributed by atoms with Crippen LogP contribution in [0.5, 0.6) is 0 Å². The number of carboxylic acid groups (broad SMARTS) is 1. The maximum absolute atomic E-state index is 12.6. The van der Waals surface area contributed by atoms with Crippen LogP contribution in [0.3, 0.4) is 0 Å². The van der Waals surface area contributed by atoms with Crippen molar-refractivity contribution in [3.8, 4) is 11.3 Å². The first-order chi connectivity index (χ1) is 13.0. The number of aliphatic carboxylic acids is 1. The maximum Gasteiger partial charge on any atom is 0.330 e. The molecule has 138 valence electrons. The standard InChI is InChI=1S/C20H18ClN3O3/c1-12-16(18(24-23-12)14-7-9-15(21)10-8-14)11-17(25)22-19(20(26)27)13-5-3-2-4-6-13/h2-10,19H,11H2,1H3,(H,22,25)(H,23,24)(H,26,27)/t19-/m0/s1. The Labute approximate surface area is 161 Å². The Kier molecular flexibility index (Phi) is 5.57. The highest BCUT2D eigenvalue weighted by Gasteiger charge is 2.23. The number of aryl methyl sites for hydroxylation is 1. The molecule has 6 nitrogen and oxygen atoms in total. The predicted octanol–water partition coefficient (Wildman–Crippen LogP) is 3.52. The van der Waals surface area contributed by atoms with Gasteiger partial charge in [-0.25, -0.2) is 4.79 Å². The molecule has 3 aromatic rings. The van der Waals surface area contributed by atoms with E-state index in [2.05, 4.69) is 15.5 Å². The number of carbonyl (C=O) groups excluding carboxylic acids is 1. The average molecular weight is 384 g/mol. The molecule has 0 bridgehead atoms. The molecule has 27 heavy (non-hydrogen) atoms. The van der Waals surface area contributed by atoms with Crippen molar-refractivity contribution in [1.82, 2.24) is 15.5 Å². The molecule has 1 heterocycles. The Morgan fingerprint density at radius 2 is 1.81 bits per heavy atom. The summed E-state index contributed by atoms with van der Waals surface area (Å²) in [6.45, 7) is 1.82. The van der Waals surface area contributed by atoms with Crippen LogP contribution in [0.25, 0.3) is 11.3 Å². The van der Waals surface area contributed by atoms with Crippen molar-refractivity contribution in [3.05, 3.63) is 76.4 Å². The van der Waals surface area contributed by atoms with E-state index in [-0.39, 0.29) is 6.42 Å². The summed E-state index contributed by atoms with van der Waals surface area (Å²) in [7, 11) is 0. The van der Waals surface area contributed by atoms with E-state index in [0.29, 0.717) is 21.8 Å². The molecule has 0 fully saturated rings. The Morgan fingerprint density at radius 1 is 1.15 bits per heavy atom. The highest BCUT2D eigenvalue weighted by atomic mass is 35.5. The number of nitrogens with zero attached hydrogens (tertiary/aromatic N) is 1. The number of rotatable bonds is 6. The van der Waals surface area contributed by atoms with E-state index >= 15 is 0 Å². The number of H-pyrrole nitrogens is 1. The largest absolute Gasteiger partial charge is 0.479 e. The van der Waals surface area contributed by atoms with Crippen molar-refractivity contribution >= 4 is 23.5 Å². The van der Waals surface area contributed by atoms with Gasteiger partial charge in [0.25, 0.3) is 0 Å². The van der Waals surface area contributed by atoms with Gasteiger partial charge >= 0.3 is 5.97 Å². The molecule has 3 N–H and O–H groups in total. The molecule has 1 atom stereocenters. The van der Waals surface area contributed by atoms with Gasteiger partial charge in [0.15, 0.2) is 6.04 Å².